The number of oxazole rings is 1. The highest BCUT2D eigenvalue weighted by Crippen LogP contribution is 2.30. The van der Waals surface area contributed by atoms with Crippen LogP contribution in [0.5, 0.6) is 0 Å². The molecule has 0 N–H and O–H groups in total. The zero-order valence-electron chi connectivity index (χ0n) is 18.0. The topological polar surface area (TPSA) is 85.3 Å². The molecule has 4 heterocycles. The van der Waals surface area contributed by atoms with E-state index in [2.05, 4.69) is 15.1 Å². The molecule has 1 atom stereocenters. The van der Waals surface area contributed by atoms with Gasteiger partial charge in [0.25, 0.3) is 11.6 Å². The number of rotatable bonds is 4. The van der Waals surface area contributed by atoms with Crippen molar-refractivity contribution in [3.8, 4) is 0 Å². The zero-order chi connectivity index (χ0) is 22.2. The molecule has 1 saturated heterocycles. The Kier molecular flexibility index (Phi) is 5.43. The van der Waals surface area contributed by atoms with Crippen LogP contribution in [-0.2, 0) is 6.42 Å². The average Bonchev–Trinajstić information content (AvgIpc) is 3.39. The van der Waals surface area contributed by atoms with Crippen molar-refractivity contribution < 1.29 is 13.7 Å². The van der Waals surface area contributed by atoms with Gasteiger partial charge in [-0.15, -0.1) is 0 Å². The Labute approximate surface area is 190 Å². The van der Waals surface area contributed by atoms with Gasteiger partial charge in [-0.3, -0.25) is 4.79 Å². The number of amides is 1. The third kappa shape index (κ3) is 4.00. The number of likely N-dealkylation sites (tertiary alicyclic amines) is 1. The maximum Gasteiger partial charge on any atom is 0.258 e. The lowest BCUT2D eigenvalue weighted by atomic mass is 9.97. The number of halogens is 1. The lowest BCUT2D eigenvalue weighted by molar-refractivity contribution is 0.0699. The van der Waals surface area contributed by atoms with Gasteiger partial charge in [-0.25, -0.2) is 9.97 Å². The Morgan fingerprint density at radius 1 is 1.28 bits per heavy atom. The first kappa shape index (κ1) is 20.7. The first-order valence-corrected chi connectivity index (χ1v) is 11.1. The third-order valence-electron chi connectivity index (χ3n) is 5.87. The van der Waals surface area contributed by atoms with E-state index < -0.39 is 0 Å². The van der Waals surface area contributed by atoms with E-state index >= 15 is 0 Å². The van der Waals surface area contributed by atoms with Crippen molar-refractivity contribution in [1.82, 2.24) is 20.0 Å². The van der Waals surface area contributed by atoms with Gasteiger partial charge in [-0.05, 0) is 50.5 Å². The fraction of sp³-hybridized carbons (Fsp3) is 0.333. The molecule has 7 nitrogen and oxygen atoms in total. The molecule has 5 rings (SSSR count). The van der Waals surface area contributed by atoms with Crippen molar-refractivity contribution in [3.05, 3.63) is 75.7 Å². The van der Waals surface area contributed by atoms with Gasteiger partial charge < -0.3 is 13.8 Å². The molecule has 3 aromatic heterocycles. The summed E-state index contributed by atoms with van der Waals surface area (Å²) < 4.78 is 11.4. The fourth-order valence-electron chi connectivity index (χ4n) is 4.36. The smallest absolute Gasteiger partial charge is 0.258 e. The lowest BCUT2D eigenvalue weighted by Gasteiger charge is -2.31. The van der Waals surface area contributed by atoms with Crippen LogP contribution in [-0.4, -0.2) is 39.0 Å². The van der Waals surface area contributed by atoms with Crippen molar-refractivity contribution in [2.24, 2.45) is 0 Å². The maximum atomic E-state index is 13.4. The molecular formula is C24H23ClN4O3. The van der Waals surface area contributed by atoms with Crippen LogP contribution >= 0.6 is 11.6 Å². The van der Waals surface area contributed by atoms with Crippen LogP contribution in [0.3, 0.4) is 0 Å². The molecular weight excluding hydrogens is 428 g/mol. The summed E-state index contributed by atoms with van der Waals surface area (Å²) in [5.74, 6) is 1.49. The second-order valence-corrected chi connectivity index (χ2v) is 8.76. The quantitative estimate of drug-likeness (QED) is 0.430. The minimum Gasteiger partial charge on any atom is -0.445 e. The summed E-state index contributed by atoms with van der Waals surface area (Å²) in [6.07, 6.45) is 4.22. The van der Waals surface area contributed by atoms with Crippen LogP contribution in [0.1, 0.15) is 57.7 Å². The highest BCUT2D eigenvalue weighted by molar-refractivity contribution is 6.30. The third-order valence-corrected chi connectivity index (χ3v) is 6.11. The summed E-state index contributed by atoms with van der Waals surface area (Å²) in [6, 6.07) is 9.53. The molecule has 8 heteroatoms. The molecule has 0 aliphatic carbocycles. The van der Waals surface area contributed by atoms with E-state index in [9.17, 15) is 4.79 Å². The van der Waals surface area contributed by atoms with E-state index in [-0.39, 0.29) is 11.8 Å². The van der Waals surface area contributed by atoms with Crippen molar-refractivity contribution >= 4 is 28.6 Å². The summed E-state index contributed by atoms with van der Waals surface area (Å²) in [5, 5.41) is 5.37. The standard InChI is InChI=1S/C24H23ClN4O3/c1-14-9-20(21-15(2)28-32-23(21)27-14)24(30)29-8-4-6-17(13-29)22-26-12-19(31-22)11-16-5-3-7-18(25)10-16/h3,5,7,9-10,12,17H,4,6,8,11,13H2,1-2H3/t17-/m0/s1. The van der Waals surface area contributed by atoms with Crippen molar-refractivity contribution in [2.75, 3.05) is 13.1 Å². The summed E-state index contributed by atoms with van der Waals surface area (Å²) in [6.45, 7) is 4.93. The van der Waals surface area contributed by atoms with Crippen LogP contribution < -0.4 is 0 Å². The van der Waals surface area contributed by atoms with Crippen LogP contribution in [0.2, 0.25) is 5.02 Å². The van der Waals surface area contributed by atoms with Crippen LogP contribution in [0.25, 0.3) is 11.1 Å². The summed E-state index contributed by atoms with van der Waals surface area (Å²) in [7, 11) is 0. The number of aromatic nitrogens is 3. The van der Waals surface area contributed by atoms with Crippen LogP contribution in [0.4, 0.5) is 0 Å². The number of aryl methyl sites for hydroxylation is 2. The summed E-state index contributed by atoms with van der Waals surface area (Å²) in [4.78, 5) is 24.2. The first-order chi connectivity index (χ1) is 15.5. The van der Waals surface area contributed by atoms with Crippen molar-refractivity contribution in [2.45, 2.75) is 39.0 Å². The fourth-order valence-corrected chi connectivity index (χ4v) is 4.57. The van der Waals surface area contributed by atoms with E-state index in [1.54, 1.807) is 6.20 Å². The Morgan fingerprint density at radius 2 is 2.16 bits per heavy atom. The molecule has 1 aromatic carbocycles. The minimum absolute atomic E-state index is 0.0396. The number of pyridine rings is 1. The van der Waals surface area contributed by atoms with Gasteiger partial charge >= 0.3 is 0 Å². The molecule has 0 spiro atoms. The van der Waals surface area contributed by atoms with Gasteiger partial charge in [0, 0.05) is 30.2 Å². The highest BCUT2D eigenvalue weighted by atomic mass is 35.5. The second-order valence-electron chi connectivity index (χ2n) is 8.32. The van der Waals surface area contributed by atoms with E-state index in [1.807, 2.05) is 49.1 Å². The molecule has 1 amide bonds. The molecule has 1 fully saturated rings. The molecule has 0 bridgehead atoms. The summed E-state index contributed by atoms with van der Waals surface area (Å²) in [5.41, 5.74) is 3.45. The van der Waals surface area contributed by atoms with Gasteiger partial charge in [-0.1, -0.05) is 28.9 Å². The number of hydrogen-bond acceptors (Lipinski definition) is 6. The van der Waals surface area contributed by atoms with Crippen molar-refractivity contribution in [3.63, 3.8) is 0 Å². The molecule has 1 aliphatic heterocycles. The van der Waals surface area contributed by atoms with E-state index in [0.717, 1.165) is 29.9 Å². The maximum absolute atomic E-state index is 13.4. The molecule has 32 heavy (non-hydrogen) atoms. The van der Waals surface area contributed by atoms with Crippen molar-refractivity contribution in [1.29, 1.82) is 0 Å². The largest absolute Gasteiger partial charge is 0.445 e. The van der Waals surface area contributed by atoms with E-state index in [1.165, 1.54) is 0 Å². The molecule has 0 saturated carbocycles. The summed E-state index contributed by atoms with van der Waals surface area (Å²) >= 11 is 6.09. The highest BCUT2D eigenvalue weighted by Gasteiger charge is 2.30. The Hall–Kier alpha value is -3.19. The number of benzene rings is 1. The lowest BCUT2D eigenvalue weighted by Crippen LogP contribution is -2.39. The average molecular weight is 451 g/mol. The number of piperidine rings is 1. The Morgan fingerprint density at radius 3 is 3.00 bits per heavy atom. The molecule has 0 radical (unpaired) electrons. The number of fused-ring (bicyclic) bond motifs is 1. The predicted octanol–water partition coefficient (Wildman–Crippen LogP) is 5.09. The van der Waals surface area contributed by atoms with E-state index in [0.29, 0.717) is 52.8 Å². The number of hydrogen-bond donors (Lipinski definition) is 0. The van der Waals surface area contributed by atoms with Gasteiger partial charge in [-0.2, -0.15) is 0 Å². The Balaban J connectivity index is 1.35. The van der Waals surface area contributed by atoms with E-state index in [4.69, 9.17) is 20.5 Å². The van der Waals surface area contributed by atoms with Crippen LogP contribution in [0.15, 0.2) is 45.5 Å². The molecule has 1 aliphatic rings. The zero-order valence-corrected chi connectivity index (χ0v) is 18.7. The number of nitrogens with zero attached hydrogens (tertiary/aromatic N) is 4. The SMILES string of the molecule is Cc1cc(C(=O)N2CCC[C@H](c3ncc(Cc4cccc(Cl)c4)o3)C2)c2c(C)noc2n1. The number of carbonyl (C=O) groups excluding carboxylic acids is 1. The predicted molar refractivity (Wildman–Crippen MR) is 120 cm³/mol. The normalized spacial score (nSPS) is 16.6. The Bertz CT molecular complexity index is 1300. The monoisotopic (exact) mass is 450 g/mol. The minimum atomic E-state index is -0.0396. The first-order valence-electron chi connectivity index (χ1n) is 10.7. The van der Waals surface area contributed by atoms with Gasteiger partial charge in [0.05, 0.1) is 28.8 Å². The molecule has 4 aromatic rings. The second kappa shape index (κ2) is 8.39. The van der Waals surface area contributed by atoms with Gasteiger partial charge in [0.2, 0.25) is 0 Å². The molecule has 0 unspecified atom stereocenters. The van der Waals surface area contributed by atoms with Crippen LogP contribution in [0, 0.1) is 13.8 Å². The number of carbonyl (C=O) groups is 1. The molecule has 164 valence electrons. The van der Waals surface area contributed by atoms with Gasteiger partial charge in [0.1, 0.15) is 5.76 Å². The van der Waals surface area contributed by atoms with Gasteiger partial charge in [0.15, 0.2) is 5.89 Å².